The Morgan fingerprint density at radius 1 is 0.422 bits per heavy atom. The molecule has 1 aliphatic heterocycles. The molecular formula is C41H29N3Si. The average Bonchev–Trinajstić information content (AvgIpc) is 3.34. The van der Waals surface area contributed by atoms with Gasteiger partial charge in [-0.25, -0.2) is 15.0 Å². The highest BCUT2D eigenvalue weighted by Gasteiger charge is 2.38. The highest BCUT2D eigenvalue weighted by atomic mass is 28.3. The quantitative estimate of drug-likeness (QED) is 0.152. The van der Waals surface area contributed by atoms with E-state index in [4.69, 9.17) is 15.0 Å². The molecule has 212 valence electrons. The van der Waals surface area contributed by atoms with Crippen molar-refractivity contribution in [1.29, 1.82) is 0 Å². The van der Waals surface area contributed by atoms with Crippen LogP contribution >= 0.6 is 0 Å². The Bertz CT molecular complexity index is 2450. The van der Waals surface area contributed by atoms with Crippen molar-refractivity contribution in [3.8, 4) is 44.9 Å². The minimum atomic E-state index is -1.80. The van der Waals surface area contributed by atoms with E-state index in [0.717, 1.165) is 61.1 Å². The van der Waals surface area contributed by atoms with Crippen LogP contribution < -0.4 is 10.4 Å². The van der Waals surface area contributed by atoms with Crippen molar-refractivity contribution in [2.45, 2.75) is 13.1 Å². The molecule has 0 bridgehead atoms. The lowest BCUT2D eigenvalue weighted by Gasteiger charge is -2.20. The topological polar surface area (TPSA) is 38.7 Å². The number of benzene rings is 5. The molecule has 0 aliphatic carbocycles. The van der Waals surface area contributed by atoms with E-state index in [0.29, 0.717) is 0 Å². The van der Waals surface area contributed by atoms with Crippen LogP contribution in [0.25, 0.3) is 77.6 Å². The summed E-state index contributed by atoms with van der Waals surface area (Å²) in [5.41, 5.74) is 11.8. The van der Waals surface area contributed by atoms with Crippen LogP contribution in [0, 0.1) is 0 Å². The van der Waals surface area contributed by atoms with Gasteiger partial charge in [-0.15, -0.1) is 0 Å². The molecule has 3 nitrogen and oxygen atoms in total. The van der Waals surface area contributed by atoms with Gasteiger partial charge >= 0.3 is 0 Å². The van der Waals surface area contributed by atoms with Gasteiger partial charge in [-0.1, -0.05) is 128 Å². The van der Waals surface area contributed by atoms with E-state index in [2.05, 4.69) is 134 Å². The fourth-order valence-electron chi connectivity index (χ4n) is 7.17. The van der Waals surface area contributed by atoms with Crippen molar-refractivity contribution in [1.82, 2.24) is 15.0 Å². The van der Waals surface area contributed by atoms with Crippen molar-refractivity contribution in [3.63, 3.8) is 0 Å². The highest BCUT2D eigenvalue weighted by Crippen LogP contribution is 2.33. The summed E-state index contributed by atoms with van der Waals surface area (Å²) < 4.78 is 0. The standard InChI is InChI=1S/C41H29N3Si/c1-45(2)38-11-7-6-10-31(38)32-20-25-37-33(41(32)45)21-24-34(42-37)27-12-14-28(15-13-27)36-23-19-30-17-16-29-18-22-35(26-8-4-3-5-9-26)43-39(29)40(30)44-36/h3-25H,1-2H3. The fraction of sp³-hybridized carbons (Fsp3) is 0.0488. The van der Waals surface area contributed by atoms with Crippen molar-refractivity contribution >= 4 is 51.2 Å². The van der Waals surface area contributed by atoms with Crippen LogP contribution in [0.3, 0.4) is 0 Å². The van der Waals surface area contributed by atoms with Gasteiger partial charge in [0.05, 0.1) is 33.6 Å². The Hall–Kier alpha value is -5.45. The van der Waals surface area contributed by atoms with Gasteiger partial charge in [0, 0.05) is 32.8 Å². The Kier molecular flexibility index (Phi) is 5.65. The number of hydrogen-bond donors (Lipinski definition) is 0. The Morgan fingerprint density at radius 3 is 1.62 bits per heavy atom. The minimum Gasteiger partial charge on any atom is -0.248 e. The molecule has 5 aromatic carbocycles. The summed E-state index contributed by atoms with van der Waals surface area (Å²) in [5.74, 6) is 0. The summed E-state index contributed by atoms with van der Waals surface area (Å²) in [6, 6.07) is 49.5. The zero-order valence-corrected chi connectivity index (χ0v) is 26.1. The Morgan fingerprint density at radius 2 is 0.956 bits per heavy atom. The van der Waals surface area contributed by atoms with Crippen LogP contribution in [-0.2, 0) is 0 Å². The summed E-state index contributed by atoms with van der Waals surface area (Å²) in [4.78, 5) is 15.4. The predicted octanol–water partition coefficient (Wildman–Crippen LogP) is 9.14. The molecule has 0 saturated carbocycles. The van der Waals surface area contributed by atoms with Crippen molar-refractivity contribution < 1.29 is 0 Å². The maximum atomic E-state index is 5.16. The first-order valence-electron chi connectivity index (χ1n) is 15.5. The molecule has 3 aromatic heterocycles. The lowest BCUT2D eigenvalue weighted by molar-refractivity contribution is 1.36. The van der Waals surface area contributed by atoms with E-state index < -0.39 is 8.07 Å². The molecule has 8 aromatic rings. The minimum absolute atomic E-state index is 0.921. The van der Waals surface area contributed by atoms with Gasteiger partial charge in [0.1, 0.15) is 8.07 Å². The first kappa shape index (κ1) is 26.0. The van der Waals surface area contributed by atoms with E-state index >= 15 is 0 Å². The van der Waals surface area contributed by atoms with Gasteiger partial charge in [0.2, 0.25) is 0 Å². The second-order valence-corrected chi connectivity index (χ2v) is 16.8. The van der Waals surface area contributed by atoms with E-state index in [-0.39, 0.29) is 0 Å². The molecule has 4 heteroatoms. The van der Waals surface area contributed by atoms with Gasteiger partial charge in [0.25, 0.3) is 0 Å². The summed E-state index contributed by atoms with van der Waals surface area (Å²) in [5, 5.41) is 6.50. The maximum Gasteiger partial charge on any atom is 0.114 e. The van der Waals surface area contributed by atoms with E-state index in [1.165, 1.54) is 26.9 Å². The maximum absolute atomic E-state index is 5.16. The normalized spacial score (nSPS) is 13.3. The van der Waals surface area contributed by atoms with Crippen molar-refractivity contribution in [2.75, 3.05) is 0 Å². The molecule has 0 unspecified atom stereocenters. The Labute approximate surface area is 262 Å². The zero-order valence-electron chi connectivity index (χ0n) is 25.1. The molecule has 0 amide bonds. The molecule has 0 radical (unpaired) electrons. The molecular weight excluding hydrogens is 563 g/mol. The summed E-state index contributed by atoms with van der Waals surface area (Å²) in [6.45, 7) is 4.93. The van der Waals surface area contributed by atoms with Crippen LogP contribution in [0.4, 0.5) is 0 Å². The smallest absolute Gasteiger partial charge is 0.114 e. The second-order valence-electron chi connectivity index (χ2n) is 12.5. The molecule has 4 heterocycles. The SMILES string of the molecule is C[Si]1(C)c2ccccc2-c2ccc3nc(-c4ccc(-c5ccc6ccc7ccc(-c8ccccc8)nc7c6n5)cc4)ccc3c21. The van der Waals surface area contributed by atoms with E-state index in [1.807, 2.05) is 18.2 Å². The zero-order chi connectivity index (χ0) is 30.1. The molecule has 0 spiro atoms. The summed E-state index contributed by atoms with van der Waals surface area (Å²) in [6.07, 6.45) is 0. The number of hydrogen-bond acceptors (Lipinski definition) is 3. The first-order valence-corrected chi connectivity index (χ1v) is 18.5. The van der Waals surface area contributed by atoms with Crippen LogP contribution in [0.5, 0.6) is 0 Å². The molecule has 1 aliphatic rings. The van der Waals surface area contributed by atoms with Gasteiger partial charge < -0.3 is 0 Å². The predicted molar refractivity (Wildman–Crippen MR) is 191 cm³/mol. The van der Waals surface area contributed by atoms with Gasteiger partial charge in [0.15, 0.2) is 0 Å². The van der Waals surface area contributed by atoms with Gasteiger partial charge in [-0.3, -0.25) is 0 Å². The van der Waals surface area contributed by atoms with Crippen LogP contribution in [-0.4, -0.2) is 23.0 Å². The highest BCUT2D eigenvalue weighted by molar-refractivity contribution is 7.05. The fourth-order valence-corrected chi connectivity index (χ4v) is 10.6. The molecule has 9 rings (SSSR count). The largest absolute Gasteiger partial charge is 0.248 e. The molecule has 0 N–H and O–H groups in total. The van der Waals surface area contributed by atoms with Crippen molar-refractivity contribution in [3.05, 3.63) is 140 Å². The third-order valence-corrected chi connectivity index (χ3v) is 13.0. The molecule has 0 atom stereocenters. The number of pyridine rings is 3. The third kappa shape index (κ3) is 4.06. The van der Waals surface area contributed by atoms with Crippen LogP contribution in [0.1, 0.15) is 0 Å². The van der Waals surface area contributed by atoms with E-state index in [9.17, 15) is 0 Å². The van der Waals surface area contributed by atoms with Crippen LogP contribution in [0.2, 0.25) is 13.1 Å². The number of rotatable bonds is 3. The third-order valence-electron chi connectivity index (χ3n) is 9.45. The first-order chi connectivity index (χ1) is 22.0. The van der Waals surface area contributed by atoms with Gasteiger partial charge in [-0.2, -0.15) is 0 Å². The van der Waals surface area contributed by atoms with Crippen LogP contribution in [0.15, 0.2) is 140 Å². The molecule has 0 saturated heterocycles. The number of aromatic nitrogens is 3. The Balaban J connectivity index is 1.08. The lowest BCUT2D eigenvalue weighted by atomic mass is 10.0. The summed E-state index contributed by atoms with van der Waals surface area (Å²) in [7, 11) is -1.80. The number of nitrogens with zero attached hydrogens (tertiary/aromatic N) is 3. The lowest BCUT2D eigenvalue weighted by Crippen LogP contribution is -2.49. The van der Waals surface area contributed by atoms with Gasteiger partial charge in [-0.05, 0) is 45.8 Å². The van der Waals surface area contributed by atoms with E-state index in [1.54, 1.807) is 0 Å². The summed E-state index contributed by atoms with van der Waals surface area (Å²) >= 11 is 0. The molecule has 0 fully saturated rings. The molecule has 45 heavy (non-hydrogen) atoms. The average molecular weight is 592 g/mol. The number of fused-ring (bicyclic) bond motifs is 8. The monoisotopic (exact) mass is 591 g/mol. The van der Waals surface area contributed by atoms with Crippen molar-refractivity contribution in [2.24, 2.45) is 0 Å². The second kappa shape index (κ2) is 9.78.